The maximum atomic E-state index is 12.6. The van der Waals surface area contributed by atoms with Crippen LogP contribution in [-0.4, -0.2) is 16.9 Å². The van der Waals surface area contributed by atoms with Crippen molar-refractivity contribution in [1.29, 1.82) is 0 Å². The van der Waals surface area contributed by atoms with Gasteiger partial charge in [0.25, 0.3) is 0 Å². The molecule has 0 spiro atoms. The van der Waals surface area contributed by atoms with E-state index in [1.807, 2.05) is 0 Å². The smallest absolute Gasteiger partial charge is 0.303 e. The van der Waals surface area contributed by atoms with E-state index in [1.54, 1.807) is 0 Å². The Morgan fingerprint density at radius 2 is 1.88 bits per heavy atom. The summed E-state index contributed by atoms with van der Waals surface area (Å²) < 4.78 is 12.6. The summed E-state index contributed by atoms with van der Waals surface area (Å²) in [6.07, 6.45) is 3.10. The lowest BCUT2D eigenvalue weighted by molar-refractivity contribution is -0.136. The Balaban J connectivity index is 2.52. The maximum absolute atomic E-state index is 12.6. The highest BCUT2D eigenvalue weighted by Crippen LogP contribution is 2.04. The molecule has 0 fully saturated rings. The molecule has 0 radical (unpaired) electrons. The third-order valence-electron chi connectivity index (χ3n) is 1.92. The van der Waals surface area contributed by atoms with Gasteiger partial charge in [0.2, 0.25) is 0 Å². The minimum absolute atomic E-state index is 0.00675. The van der Waals surface area contributed by atoms with Gasteiger partial charge in [-0.3, -0.25) is 9.59 Å². The van der Waals surface area contributed by atoms with E-state index < -0.39 is 11.8 Å². The Hall–Kier alpha value is -1.97. The van der Waals surface area contributed by atoms with Crippen molar-refractivity contribution in [2.45, 2.75) is 12.8 Å². The number of halogens is 1. The second kappa shape index (κ2) is 5.80. The van der Waals surface area contributed by atoms with Crippen molar-refractivity contribution in [3.63, 3.8) is 0 Å². The van der Waals surface area contributed by atoms with Crippen LogP contribution in [0.4, 0.5) is 4.39 Å². The van der Waals surface area contributed by atoms with Crippen LogP contribution in [0.25, 0.3) is 0 Å². The predicted octanol–water partition coefficient (Wildman–Crippen LogP) is 2.43. The number of allylic oxidation sites excluding steroid dienone is 2. The molecule has 0 aliphatic heterocycles. The zero-order valence-electron chi connectivity index (χ0n) is 8.52. The average molecular weight is 222 g/mol. The minimum Gasteiger partial charge on any atom is -0.481 e. The van der Waals surface area contributed by atoms with Crippen molar-refractivity contribution >= 4 is 11.8 Å². The first kappa shape index (κ1) is 12.1. The highest BCUT2D eigenvalue weighted by Gasteiger charge is 2.01. The monoisotopic (exact) mass is 222 g/mol. The van der Waals surface area contributed by atoms with E-state index in [2.05, 4.69) is 0 Å². The molecular formula is C12H11FO3. The quantitative estimate of drug-likeness (QED) is 0.614. The molecule has 4 heteroatoms. The zero-order valence-corrected chi connectivity index (χ0v) is 8.52. The molecule has 0 saturated carbocycles. The van der Waals surface area contributed by atoms with E-state index in [1.165, 1.54) is 36.4 Å². The molecule has 0 aliphatic carbocycles. The number of carboxylic acids is 1. The molecular weight excluding hydrogens is 211 g/mol. The van der Waals surface area contributed by atoms with E-state index in [-0.39, 0.29) is 12.2 Å². The Morgan fingerprint density at radius 1 is 1.25 bits per heavy atom. The van der Waals surface area contributed by atoms with Gasteiger partial charge in [0.05, 0.1) is 0 Å². The number of hydrogen-bond donors (Lipinski definition) is 1. The molecule has 3 nitrogen and oxygen atoms in total. The molecule has 0 unspecified atom stereocenters. The van der Waals surface area contributed by atoms with Crippen LogP contribution in [0.3, 0.4) is 0 Å². The van der Waals surface area contributed by atoms with Crippen LogP contribution in [0.1, 0.15) is 23.2 Å². The van der Waals surface area contributed by atoms with Crippen LogP contribution >= 0.6 is 0 Å². The summed E-state index contributed by atoms with van der Waals surface area (Å²) in [5, 5.41) is 8.37. The molecule has 1 N–H and O–H groups in total. The van der Waals surface area contributed by atoms with Gasteiger partial charge < -0.3 is 5.11 Å². The van der Waals surface area contributed by atoms with Crippen molar-refractivity contribution in [3.8, 4) is 0 Å². The van der Waals surface area contributed by atoms with Crippen LogP contribution in [0.5, 0.6) is 0 Å². The van der Waals surface area contributed by atoms with Gasteiger partial charge >= 0.3 is 5.97 Å². The Morgan fingerprint density at radius 3 is 2.44 bits per heavy atom. The third-order valence-corrected chi connectivity index (χ3v) is 1.92. The highest BCUT2D eigenvalue weighted by molar-refractivity contribution is 6.04. The first-order valence-corrected chi connectivity index (χ1v) is 4.78. The Labute approximate surface area is 92.2 Å². The molecule has 0 amide bonds. The molecule has 0 saturated heterocycles. The van der Waals surface area contributed by atoms with Crippen molar-refractivity contribution in [1.82, 2.24) is 0 Å². The molecule has 0 atom stereocenters. The first-order chi connectivity index (χ1) is 7.59. The summed E-state index contributed by atoms with van der Waals surface area (Å²) in [5.41, 5.74) is 0.382. The fourth-order valence-corrected chi connectivity index (χ4v) is 1.11. The SMILES string of the molecule is O=C(O)CC/C=C/C(=O)c1ccc(F)cc1. The number of carbonyl (C=O) groups excluding carboxylic acids is 1. The van der Waals surface area contributed by atoms with Gasteiger partial charge in [-0.05, 0) is 36.8 Å². The van der Waals surface area contributed by atoms with E-state index in [0.29, 0.717) is 12.0 Å². The fraction of sp³-hybridized carbons (Fsp3) is 0.167. The zero-order chi connectivity index (χ0) is 12.0. The number of benzene rings is 1. The molecule has 0 aromatic heterocycles. The first-order valence-electron chi connectivity index (χ1n) is 4.78. The largest absolute Gasteiger partial charge is 0.481 e. The topological polar surface area (TPSA) is 54.4 Å². The Bertz CT molecular complexity index is 407. The lowest BCUT2D eigenvalue weighted by Crippen LogP contribution is -1.95. The minimum atomic E-state index is -0.904. The standard InChI is InChI=1S/C12H11FO3/c13-10-7-5-9(6-8-10)11(14)3-1-2-4-12(15)16/h1,3,5-8H,2,4H2,(H,15,16)/b3-1+. The normalized spacial score (nSPS) is 10.6. The van der Waals surface area contributed by atoms with Crippen LogP contribution in [0.2, 0.25) is 0 Å². The van der Waals surface area contributed by atoms with E-state index in [4.69, 9.17) is 5.11 Å². The van der Waals surface area contributed by atoms with Gasteiger partial charge in [0.1, 0.15) is 5.82 Å². The molecule has 1 aromatic carbocycles. The number of aliphatic carboxylic acids is 1. The third kappa shape index (κ3) is 4.04. The van der Waals surface area contributed by atoms with Gasteiger partial charge in [0, 0.05) is 12.0 Å². The fourth-order valence-electron chi connectivity index (χ4n) is 1.11. The van der Waals surface area contributed by atoms with Crippen LogP contribution in [0.15, 0.2) is 36.4 Å². The predicted molar refractivity (Wildman–Crippen MR) is 56.7 cm³/mol. The average Bonchev–Trinajstić information content (AvgIpc) is 2.25. The maximum Gasteiger partial charge on any atom is 0.303 e. The summed E-state index contributed by atoms with van der Waals surface area (Å²) in [7, 11) is 0. The highest BCUT2D eigenvalue weighted by atomic mass is 19.1. The van der Waals surface area contributed by atoms with Crippen molar-refractivity contribution in [3.05, 3.63) is 47.8 Å². The molecule has 16 heavy (non-hydrogen) atoms. The van der Waals surface area contributed by atoms with Gasteiger partial charge in [-0.25, -0.2) is 4.39 Å². The second-order valence-corrected chi connectivity index (χ2v) is 3.21. The summed E-state index contributed by atoms with van der Waals surface area (Å²) >= 11 is 0. The van der Waals surface area contributed by atoms with Crippen LogP contribution < -0.4 is 0 Å². The van der Waals surface area contributed by atoms with E-state index in [0.717, 1.165) is 0 Å². The number of rotatable bonds is 5. The van der Waals surface area contributed by atoms with Crippen LogP contribution in [-0.2, 0) is 4.79 Å². The second-order valence-electron chi connectivity index (χ2n) is 3.21. The van der Waals surface area contributed by atoms with Crippen molar-refractivity contribution in [2.75, 3.05) is 0 Å². The molecule has 0 aliphatic rings. The molecule has 1 aromatic rings. The number of hydrogen-bond acceptors (Lipinski definition) is 2. The lowest BCUT2D eigenvalue weighted by atomic mass is 10.1. The van der Waals surface area contributed by atoms with Gasteiger partial charge in [-0.15, -0.1) is 0 Å². The molecule has 0 heterocycles. The van der Waals surface area contributed by atoms with Gasteiger partial charge in [0.15, 0.2) is 5.78 Å². The number of carboxylic acid groups (broad SMARTS) is 1. The van der Waals surface area contributed by atoms with Crippen molar-refractivity contribution < 1.29 is 19.1 Å². The summed E-state index contributed by atoms with van der Waals surface area (Å²) in [4.78, 5) is 21.6. The lowest BCUT2D eigenvalue weighted by Gasteiger charge is -1.94. The summed E-state index contributed by atoms with van der Waals surface area (Å²) in [6.45, 7) is 0. The molecule has 1 rings (SSSR count). The Kier molecular flexibility index (Phi) is 4.39. The summed E-state index contributed by atoms with van der Waals surface area (Å²) in [5.74, 6) is -1.56. The van der Waals surface area contributed by atoms with Crippen LogP contribution in [0, 0.1) is 5.82 Å². The van der Waals surface area contributed by atoms with E-state index >= 15 is 0 Å². The number of carbonyl (C=O) groups is 2. The summed E-state index contributed by atoms with van der Waals surface area (Å²) in [6, 6.07) is 5.19. The van der Waals surface area contributed by atoms with E-state index in [9.17, 15) is 14.0 Å². The van der Waals surface area contributed by atoms with Crippen molar-refractivity contribution in [2.24, 2.45) is 0 Å². The number of ketones is 1. The molecule has 0 bridgehead atoms. The van der Waals surface area contributed by atoms with Gasteiger partial charge in [-0.1, -0.05) is 6.08 Å². The molecule has 84 valence electrons. The van der Waals surface area contributed by atoms with Gasteiger partial charge in [-0.2, -0.15) is 0 Å².